The number of hydrogen-bond acceptors (Lipinski definition) is 2. The lowest BCUT2D eigenvalue weighted by atomic mass is 10.1. The Bertz CT molecular complexity index is 758. The molecule has 0 saturated carbocycles. The third-order valence-electron chi connectivity index (χ3n) is 3.60. The van der Waals surface area contributed by atoms with E-state index in [2.05, 4.69) is 4.98 Å². The first-order valence-electron chi connectivity index (χ1n) is 7.36. The zero-order chi connectivity index (χ0) is 16.9. The van der Waals surface area contributed by atoms with E-state index >= 15 is 0 Å². The fourth-order valence-corrected chi connectivity index (χ4v) is 4.27. The van der Waals surface area contributed by atoms with Crippen LogP contribution in [0.1, 0.15) is 21.9 Å². The summed E-state index contributed by atoms with van der Waals surface area (Å²) in [6.07, 6.45) is 5.35. The Balaban J connectivity index is 1.81. The number of halogens is 3. The summed E-state index contributed by atoms with van der Waals surface area (Å²) in [5.74, 6) is 0.836. The molecule has 24 heavy (non-hydrogen) atoms. The first-order chi connectivity index (χ1) is 11.6. The van der Waals surface area contributed by atoms with Crippen LogP contribution in [0.4, 0.5) is 0 Å². The molecule has 3 aromatic rings. The molecule has 6 heteroatoms. The molecule has 0 saturated heterocycles. The molecule has 0 bridgehead atoms. The average molecular weight is 398 g/mol. The highest BCUT2D eigenvalue weighted by molar-refractivity contribution is 7.98. The number of hydrogen-bond donors (Lipinski definition) is 0. The molecular formula is C18H15Cl3N2S. The quantitative estimate of drug-likeness (QED) is 0.436. The molecule has 0 radical (unpaired) electrons. The Labute approximate surface area is 160 Å². The average Bonchev–Trinajstić information content (AvgIpc) is 3.12. The van der Waals surface area contributed by atoms with Gasteiger partial charge in [-0.3, -0.25) is 0 Å². The minimum Gasteiger partial charge on any atom is -0.319 e. The van der Waals surface area contributed by atoms with Crippen LogP contribution in [0.2, 0.25) is 10.0 Å². The molecule has 124 valence electrons. The number of imidazole rings is 1. The number of rotatable bonds is 6. The van der Waals surface area contributed by atoms with E-state index in [9.17, 15) is 0 Å². The van der Waals surface area contributed by atoms with E-state index in [1.807, 2.05) is 59.3 Å². The molecule has 1 aromatic heterocycles. The maximum absolute atomic E-state index is 6.73. The van der Waals surface area contributed by atoms with Crippen LogP contribution in [0.25, 0.3) is 0 Å². The maximum atomic E-state index is 6.73. The fourth-order valence-electron chi connectivity index (χ4n) is 2.33. The highest BCUT2D eigenvalue weighted by Gasteiger charge is 2.23. The lowest BCUT2D eigenvalue weighted by Gasteiger charge is -2.23. The molecule has 0 spiro atoms. The summed E-state index contributed by atoms with van der Waals surface area (Å²) in [7, 11) is 0. The standard InChI is InChI=1S/C18H15Cl3N2S/c19-15-5-1-13(2-6-15)11-24-17(14-3-7-16(20)8-4-14)18(21)23-10-9-22-12-23/h1-10,12,17-18H,11H2. The Morgan fingerprint density at radius 3 is 2.17 bits per heavy atom. The summed E-state index contributed by atoms with van der Waals surface area (Å²) in [5.41, 5.74) is 2.09. The number of nitrogens with zero attached hydrogens (tertiary/aromatic N) is 2. The van der Waals surface area contributed by atoms with Gasteiger partial charge in [0, 0.05) is 28.2 Å². The molecular weight excluding hydrogens is 383 g/mol. The molecule has 2 nitrogen and oxygen atoms in total. The third kappa shape index (κ3) is 4.48. The summed E-state index contributed by atoms with van der Waals surface area (Å²) >= 11 is 20.5. The van der Waals surface area contributed by atoms with E-state index in [0.717, 1.165) is 16.3 Å². The van der Waals surface area contributed by atoms with Crippen molar-refractivity contribution in [1.29, 1.82) is 0 Å². The first kappa shape index (κ1) is 17.7. The summed E-state index contributed by atoms with van der Waals surface area (Å²) in [6.45, 7) is 0. The topological polar surface area (TPSA) is 17.8 Å². The van der Waals surface area contributed by atoms with Crippen molar-refractivity contribution >= 4 is 46.6 Å². The zero-order valence-electron chi connectivity index (χ0n) is 12.6. The molecule has 2 unspecified atom stereocenters. The van der Waals surface area contributed by atoms with Gasteiger partial charge in [0.15, 0.2) is 0 Å². The SMILES string of the molecule is Clc1ccc(CSC(c2ccc(Cl)cc2)C(Cl)n2ccnc2)cc1. The van der Waals surface area contributed by atoms with Crippen LogP contribution in [0.15, 0.2) is 67.3 Å². The Hall–Kier alpha value is -1.13. The summed E-state index contributed by atoms with van der Waals surface area (Å²) in [6, 6.07) is 15.7. The number of benzene rings is 2. The van der Waals surface area contributed by atoms with Gasteiger partial charge in [-0.25, -0.2) is 4.98 Å². The minimum atomic E-state index is -0.244. The van der Waals surface area contributed by atoms with Gasteiger partial charge in [-0.2, -0.15) is 0 Å². The van der Waals surface area contributed by atoms with Crippen molar-refractivity contribution in [2.75, 3.05) is 0 Å². The molecule has 0 aliphatic rings. The molecule has 0 aliphatic carbocycles. The van der Waals surface area contributed by atoms with Crippen molar-refractivity contribution in [1.82, 2.24) is 9.55 Å². The van der Waals surface area contributed by atoms with E-state index in [1.165, 1.54) is 5.56 Å². The smallest absolute Gasteiger partial charge is 0.125 e. The Morgan fingerprint density at radius 2 is 1.58 bits per heavy atom. The molecule has 0 aliphatic heterocycles. The zero-order valence-corrected chi connectivity index (χ0v) is 15.7. The van der Waals surface area contributed by atoms with Crippen LogP contribution in [0.3, 0.4) is 0 Å². The molecule has 1 heterocycles. The van der Waals surface area contributed by atoms with Gasteiger partial charge in [-0.05, 0) is 35.4 Å². The fraction of sp³-hybridized carbons (Fsp3) is 0.167. The monoisotopic (exact) mass is 396 g/mol. The van der Waals surface area contributed by atoms with Crippen LogP contribution >= 0.6 is 46.6 Å². The van der Waals surface area contributed by atoms with Crippen LogP contribution in [-0.4, -0.2) is 9.55 Å². The van der Waals surface area contributed by atoms with Crippen LogP contribution < -0.4 is 0 Å². The molecule has 2 aromatic carbocycles. The summed E-state index contributed by atoms with van der Waals surface area (Å²) in [4.78, 5) is 4.09. The third-order valence-corrected chi connectivity index (χ3v) is 6.12. The van der Waals surface area contributed by atoms with Crippen molar-refractivity contribution in [2.45, 2.75) is 16.5 Å². The second kappa shape index (κ2) is 8.30. The van der Waals surface area contributed by atoms with E-state index in [0.29, 0.717) is 5.02 Å². The molecule has 2 atom stereocenters. The highest BCUT2D eigenvalue weighted by atomic mass is 35.5. The number of aromatic nitrogens is 2. The second-order valence-corrected chi connectivity index (χ2v) is 7.74. The number of alkyl halides is 1. The van der Waals surface area contributed by atoms with Crippen molar-refractivity contribution in [3.63, 3.8) is 0 Å². The van der Waals surface area contributed by atoms with E-state index in [4.69, 9.17) is 34.8 Å². The lowest BCUT2D eigenvalue weighted by Crippen LogP contribution is -2.09. The lowest BCUT2D eigenvalue weighted by molar-refractivity contribution is 0.651. The predicted octanol–water partition coefficient (Wildman–Crippen LogP) is 6.60. The van der Waals surface area contributed by atoms with Gasteiger partial charge in [0.25, 0.3) is 0 Å². The van der Waals surface area contributed by atoms with E-state index in [-0.39, 0.29) is 10.8 Å². The Kier molecular flexibility index (Phi) is 6.12. The van der Waals surface area contributed by atoms with Gasteiger partial charge in [-0.15, -0.1) is 11.8 Å². The van der Waals surface area contributed by atoms with Crippen LogP contribution in [0, 0.1) is 0 Å². The van der Waals surface area contributed by atoms with Gasteiger partial charge in [0.05, 0.1) is 11.6 Å². The van der Waals surface area contributed by atoms with Gasteiger partial charge in [0.1, 0.15) is 5.50 Å². The largest absolute Gasteiger partial charge is 0.319 e. The summed E-state index contributed by atoms with van der Waals surface area (Å²) < 4.78 is 1.91. The molecule has 0 fully saturated rings. The Morgan fingerprint density at radius 1 is 0.958 bits per heavy atom. The normalized spacial score (nSPS) is 13.6. The predicted molar refractivity (Wildman–Crippen MR) is 104 cm³/mol. The van der Waals surface area contributed by atoms with Crippen LogP contribution in [0.5, 0.6) is 0 Å². The highest BCUT2D eigenvalue weighted by Crippen LogP contribution is 2.43. The van der Waals surface area contributed by atoms with Gasteiger partial charge < -0.3 is 4.57 Å². The van der Waals surface area contributed by atoms with Gasteiger partial charge in [0.2, 0.25) is 0 Å². The molecule has 3 rings (SSSR count). The van der Waals surface area contributed by atoms with Crippen LogP contribution in [-0.2, 0) is 5.75 Å². The van der Waals surface area contributed by atoms with Crippen molar-refractivity contribution in [2.24, 2.45) is 0 Å². The number of thioether (sulfide) groups is 1. The molecule has 0 N–H and O–H groups in total. The van der Waals surface area contributed by atoms with Gasteiger partial charge in [-0.1, -0.05) is 59.1 Å². The maximum Gasteiger partial charge on any atom is 0.125 e. The van der Waals surface area contributed by atoms with Crippen molar-refractivity contribution < 1.29 is 0 Å². The van der Waals surface area contributed by atoms with E-state index < -0.39 is 0 Å². The van der Waals surface area contributed by atoms with Gasteiger partial charge >= 0.3 is 0 Å². The van der Waals surface area contributed by atoms with Crippen molar-refractivity contribution in [3.8, 4) is 0 Å². The van der Waals surface area contributed by atoms with Crippen molar-refractivity contribution in [3.05, 3.63) is 88.4 Å². The summed E-state index contributed by atoms with van der Waals surface area (Å²) in [5, 5.41) is 1.52. The molecule has 0 amide bonds. The second-order valence-electron chi connectivity index (χ2n) is 5.29. The first-order valence-corrected chi connectivity index (χ1v) is 9.60. The minimum absolute atomic E-state index is 0.0637. The van der Waals surface area contributed by atoms with E-state index in [1.54, 1.807) is 24.3 Å².